The normalized spacial score (nSPS) is 31.1. The molecule has 4 nitrogen and oxygen atoms in total. The average Bonchev–Trinajstić information content (AvgIpc) is 3.23. The molecule has 2 saturated heterocycles. The Morgan fingerprint density at radius 1 is 1.05 bits per heavy atom. The summed E-state index contributed by atoms with van der Waals surface area (Å²) in [6, 6.07) is 0. The number of thioether (sulfide) groups is 2. The molecule has 0 spiro atoms. The zero-order valence-electron chi connectivity index (χ0n) is 11.9. The van der Waals surface area contributed by atoms with Gasteiger partial charge in [0.05, 0.1) is 17.3 Å². The lowest BCUT2D eigenvalue weighted by atomic mass is 10.1. The quantitative estimate of drug-likeness (QED) is 0.639. The van der Waals surface area contributed by atoms with Crippen molar-refractivity contribution in [2.45, 2.75) is 41.8 Å². The van der Waals surface area contributed by atoms with E-state index in [1.807, 2.05) is 23.5 Å². The van der Waals surface area contributed by atoms with Gasteiger partial charge in [-0.25, -0.2) is 0 Å². The smallest absolute Gasteiger partial charge is 0.115 e. The Balaban J connectivity index is 1.79. The molecule has 2 rings (SSSR count). The van der Waals surface area contributed by atoms with Gasteiger partial charge in [0.15, 0.2) is 0 Å². The lowest BCUT2D eigenvalue weighted by Gasteiger charge is -2.24. The summed E-state index contributed by atoms with van der Waals surface area (Å²) in [6.45, 7) is 0.570. The maximum absolute atomic E-state index is 5.77. The number of hydrogen-bond donors (Lipinski definition) is 0. The Labute approximate surface area is 124 Å². The van der Waals surface area contributed by atoms with E-state index in [2.05, 4.69) is 0 Å². The zero-order chi connectivity index (χ0) is 13.7. The Morgan fingerprint density at radius 3 is 2.26 bits per heavy atom. The zero-order valence-corrected chi connectivity index (χ0v) is 13.5. The number of rotatable bonds is 8. The van der Waals surface area contributed by atoms with Crippen molar-refractivity contribution >= 4 is 23.5 Å². The van der Waals surface area contributed by atoms with Gasteiger partial charge in [-0.2, -0.15) is 0 Å². The minimum atomic E-state index is 0.0133. The molecule has 4 atom stereocenters. The highest BCUT2D eigenvalue weighted by atomic mass is 32.2. The van der Waals surface area contributed by atoms with Crippen LogP contribution in [0.3, 0.4) is 0 Å². The first-order valence-corrected chi connectivity index (χ1v) is 8.83. The van der Waals surface area contributed by atoms with E-state index in [4.69, 9.17) is 18.9 Å². The third-order valence-corrected chi connectivity index (χ3v) is 6.55. The van der Waals surface area contributed by atoms with Gasteiger partial charge < -0.3 is 18.9 Å². The minimum absolute atomic E-state index is 0.0133. The van der Waals surface area contributed by atoms with E-state index in [9.17, 15) is 0 Å². The Bertz CT molecular complexity index is 261. The van der Waals surface area contributed by atoms with Crippen LogP contribution in [0.5, 0.6) is 0 Å². The van der Waals surface area contributed by atoms with Crippen LogP contribution in [0.25, 0.3) is 0 Å². The molecule has 19 heavy (non-hydrogen) atoms. The summed E-state index contributed by atoms with van der Waals surface area (Å²) in [6.07, 6.45) is 2.84. The van der Waals surface area contributed by atoms with Gasteiger partial charge in [-0.05, 0) is 24.3 Å². The average molecular weight is 308 g/mol. The van der Waals surface area contributed by atoms with E-state index < -0.39 is 0 Å². The van der Waals surface area contributed by atoms with Gasteiger partial charge >= 0.3 is 0 Å². The van der Waals surface area contributed by atoms with Crippen LogP contribution in [0.15, 0.2) is 0 Å². The van der Waals surface area contributed by atoms with Crippen molar-refractivity contribution in [3.05, 3.63) is 0 Å². The fourth-order valence-corrected chi connectivity index (χ4v) is 5.37. The van der Waals surface area contributed by atoms with E-state index in [0.29, 0.717) is 11.2 Å². The van der Waals surface area contributed by atoms with Crippen LogP contribution in [-0.4, -0.2) is 68.4 Å². The molecule has 6 heteroatoms. The number of ether oxygens (including phenoxy) is 4. The van der Waals surface area contributed by atoms with Crippen molar-refractivity contribution < 1.29 is 18.9 Å². The number of epoxide rings is 1. The van der Waals surface area contributed by atoms with Crippen molar-refractivity contribution in [1.82, 2.24) is 0 Å². The van der Waals surface area contributed by atoms with Crippen molar-refractivity contribution in [1.29, 1.82) is 0 Å². The molecular formula is C13H24O4S2. The Morgan fingerprint density at radius 2 is 1.68 bits per heavy atom. The van der Waals surface area contributed by atoms with Crippen LogP contribution >= 0.6 is 23.5 Å². The summed E-state index contributed by atoms with van der Waals surface area (Å²) < 4.78 is 22.6. The lowest BCUT2D eigenvalue weighted by Crippen LogP contribution is -2.31. The Hall–Kier alpha value is 0.540. The molecule has 2 aliphatic heterocycles. The van der Waals surface area contributed by atoms with E-state index in [1.165, 1.54) is 17.9 Å². The van der Waals surface area contributed by atoms with Crippen LogP contribution in [0.2, 0.25) is 0 Å². The molecule has 0 aliphatic carbocycles. The molecule has 2 fully saturated rings. The summed E-state index contributed by atoms with van der Waals surface area (Å²) in [5.74, 6) is 2.54. The molecule has 0 N–H and O–H groups in total. The summed E-state index contributed by atoms with van der Waals surface area (Å²) in [5.41, 5.74) is 0. The predicted molar refractivity (Wildman–Crippen MR) is 80.1 cm³/mol. The molecular weight excluding hydrogens is 284 g/mol. The van der Waals surface area contributed by atoms with Crippen LogP contribution in [-0.2, 0) is 18.9 Å². The van der Waals surface area contributed by atoms with Crippen LogP contribution in [0, 0.1) is 0 Å². The van der Waals surface area contributed by atoms with Crippen molar-refractivity contribution in [3.8, 4) is 0 Å². The van der Waals surface area contributed by atoms with Gasteiger partial charge in [-0.15, -0.1) is 23.5 Å². The van der Waals surface area contributed by atoms with Gasteiger partial charge in [-0.1, -0.05) is 0 Å². The van der Waals surface area contributed by atoms with E-state index in [-0.39, 0.29) is 24.4 Å². The molecule has 0 unspecified atom stereocenters. The second kappa shape index (κ2) is 8.10. The van der Waals surface area contributed by atoms with E-state index in [1.54, 1.807) is 21.3 Å². The van der Waals surface area contributed by atoms with Crippen molar-refractivity contribution in [3.63, 3.8) is 0 Å². The van der Waals surface area contributed by atoms with Crippen LogP contribution < -0.4 is 0 Å². The largest absolute Gasteiger partial charge is 0.382 e. The number of hydrogen-bond acceptors (Lipinski definition) is 6. The van der Waals surface area contributed by atoms with Gasteiger partial charge in [0.25, 0.3) is 0 Å². The molecule has 0 bridgehead atoms. The second-order valence-corrected chi connectivity index (χ2v) is 7.75. The highest BCUT2D eigenvalue weighted by molar-refractivity contribution is 8.17. The van der Waals surface area contributed by atoms with Gasteiger partial charge in [0.2, 0.25) is 0 Å². The monoisotopic (exact) mass is 308 g/mol. The highest BCUT2D eigenvalue weighted by Crippen LogP contribution is 2.39. The van der Waals surface area contributed by atoms with Gasteiger partial charge in [0.1, 0.15) is 18.3 Å². The standard InChI is InChI=1S/C13H24O4S2/c1-14-8-10(16-3)13-12(17-13)9(15-2)7-11-18-5-4-6-19-11/h9-13H,4-8H2,1-3H3/t9-,10-,12-,13+/m1/s1. The highest BCUT2D eigenvalue weighted by Gasteiger charge is 2.50. The van der Waals surface area contributed by atoms with E-state index in [0.717, 1.165) is 6.42 Å². The van der Waals surface area contributed by atoms with Crippen molar-refractivity contribution in [2.75, 3.05) is 39.4 Å². The summed E-state index contributed by atoms with van der Waals surface area (Å²) in [7, 11) is 5.17. The summed E-state index contributed by atoms with van der Waals surface area (Å²) in [5, 5.41) is 0. The van der Waals surface area contributed by atoms with Gasteiger partial charge in [0, 0.05) is 21.3 Å². The maximum atomic E-state index is 5.77. The molecule has 0 aromatic heterocycles. The molecule has 2 heterocycles. The molecule has 0 saturated carbocycles. The first-order valence-electron chi connectivity index (χ1n) is 6.73. The summed E-state index contributed by atoms with van der Waals surface area (Å²) in [4.78, 5) is 0. The molecule has 0 radical (unpaired) electrons. The van der Waals surface area contributed by atoms with E-state index >= 15 is 0 Å². The first-order chi connectivity index (χ1) is 9.30. The van der Waals surface area contributed by atoms with Crippen molar-refractivity contribution in [2.24, 2.45) is 0 Å². The fraction of sp³-hybridized carbons (Fsp3) is 1.00. The SMILES string of the molecule is COC[C@@H](OC)[C@@H]1O[C@@H]1[C@@H](CC1SCCCS1)OC. The predicted octanol–water partition coefficient (Wildman–Crippen LogP) is 2.02. The summed E-state index contributed by atoms with van der Waals surface area (Å²) >= 11 is 4.10. The third kappa shape index (κ3) is 4.51. The minimum Gasteiger partial charge on any atom is -0.382 e. The number of methoxy groups -OCH3 is 3. The van der Waals surface area contributed by atoms with Crippen LogP contribution in [0.4, 0.5) is 0 Å². The molecule has 0 aromatic carbocycles. The molecule has 0 aromatic rings. The lowest BCUT2D eigenvalue weighted by molar-refractivity contribution is 0.0114. The third-order valence-electron chi connectivity index (χ3n) is 3.55. The Kier molecular flexibility index (Phi) is 6.79. The molecule has 2 aliphatic rings. The topological polar surface area (TPSA) is 40.2 Å². The second-order valence-electron chi connectivity index (χ2n) is 4.83. The maximum Gasteiger partial charge on any atom is 0.115 e. The fourth-order valence-electron chi connectivity index (χ4n) is 2.42. The van der Waals surface area contributed by atoms with Gasteiger partial charge in [-0.3, -0.25) is 0 Å². The van der Waals surface area contributed by atoms with Crippen LogP contribution in [0.1, 0.15) is 12.8 Å². The molecule has 0 amide bonds. The molecule has 112 valence electrons. The first kappa shape index (κ1) is 15.9.